The molecule has 0 aromatic heterocycles. The molecule has 0 bridgehead atoms. The van der Waals surface area contributed by atoms with E-state index < -0.39 is 41.1 Å². The molecule has 2 aromatic rings. The molecule has 0 fully saturated rings. The average Bonchev–Trinajstić information content (AvgIpc) is 2.63. The molecule has 3 N–H and O–H groups in total. The van der Waals surface area contributed by atoms with Crippen LogP contribution in [0.25, 0.3) is 11.1 Å². The van der Waals surface area contributed by atoms with Crippen molar-refractivity contribution in [2.45, 2.75) is 6.43 Å². The molecule has 0 aliphatic rings. The van der Waals surface area contributed by atoms with Gasteiger partial charge in [0.1, 0.15) is 5.71 Å². The van der Waals surface area contributed by atoms with Crippen molar-refractivity contribution in [1.29, 1.82) is 5.41 Å². The minimum Gasteiger partial charge on any atom is -0.393 e. The van der Waals surface area contributed by atoms with Crippen LogP contribution in [0.15, 0.2) is 48.2 Å². The maximum absolute atomic E-state index is 13.5. The van der Waals surface area contributed by atoms with Crippen LogP contribution in [0.2, 0.25) is 0 Å². The van der Waals surface area contributed by atoms with Gasteiger partial charge in [0, 0.05) is 24.5 Å². The second-order valence-corrected chi connectivity index (χ2v) is 5.31. The molecule has 2 rings (SSSR count). The summed E-state index contributed by atoms with van der Waals surface area (Å²) in [5, 5.41) is 12.1. The van der Waals surface area contributed by atoms with Gasteiger partial charge < -0.3 is 10.6 Å². The van der Waals surface area contributed by atoms with E-state index in [1.807, 2.05) is 0 Å². The van der Waals surface area contributed by atoms with Gasteiger partial charge in [0.2, 0.25) is 0 Å². The molecular formula is C18H14F5N3O. The van der Waals surface area contributed by atoms with Crippen LogP contribution < -0.4 is 10.6 Å². The second-order valence-electron chi connectivity index (χ2n) is 5.31. The smallest absolute Gasteiger partial charge is 0.280 e. The van der Waals surface area contributed by atoms with Gasteiger partial charge in [-0.3, -0.25) is 10.2 Å². The van der Waals surface area contributed by atoms with E-state index in [9.17, 15) is 26.7 Å². The zero-order chi connectivity index (χ0) is 20.1. The molecule has 0 aliphatic heterocycles. The van der Waals surface area contributed by atoms with Crippen LogP contribution in [-0.2, 0) is 4.79 Å². The Morgan fingerprint density at radius 2 is 1.70 bits per heavy atom. The number of hydrogen-bond acceptors (Lipinski definition) is 3. The standard InChI is InChI=1S/C18H14F5N3O/c1-25-8-11(16(24)17(22)23)18(27)26-14-5-3-2-4-10(14)9-6-12(19)15(21)13(20)7-9/h2-8,17,24-25H,1H3,(H,26,27)/b11-8+,24-16?. The predicted molar refractivity (Wildman–Crippen MR) is 91.3 cm³/mol. The lowest BCUT2D eigenvalue weighted by atomic mass is 10.0. The van der Waals surface area contributed by atoms with Crippen molar-refractivity contribution < 1.29 is 26.7 Å². The first kappa shape index (κ1) is 20.1. The van der Waals surface area contributed by atoms with Gasteiger partial charge in [0.15, 0.2) is 17.5 Å². The highest BCUT2D eigenvalue weighted by molar-refractivity contribution is 6.25. The summed E-state index contributed by atoms with van der Waals surface area (Å²) in [5.74, 6) is -5.49. The van der Waals surface area contributed by atoms with E-state index in [0.29, 0.717) is 0 Å². The fourth-order valence-corrected chi connectivity index (χ4v) is 2.27. The van der Waals surface area contributed by atoms with Gasteiger partial charge in [-0.25, -0.2) is 22.0 Å². The molecule has 0 unspecified atom stereocenters. The van der Waals surface area contributed by atoms with E-state index in [4.69, 9.17) is 5.41 Å². The zero-order valence-corrected chi connectivity index (χ0v) is 13.9. The lowest BCUT2D eigenvalue weighted by molar-refractivity contribution is -0.112. The number of hydrogen-bond donors (Lipinski definition) is 3. The number of nitrogens with one attached hydrogen (secondary N) is 3. The third kappa shape index (κ3) is 4.49. The van der Waals surface area contributed by atoms with Crippen molar-refractivity contribution >= 4 is 17.3 Å². The van der Waals surface area contributed by atoms with Crippen molar-refractivity contribution in [2.24, 2.45) is 0 Å². The van der Waals surface area contributed by atoms with Gasteiger partial charge in [-0.05, 0) is 23.8 Å². The highest BCUT2D eigenvalue weighted by Gasteiger charge is 2.23. The molecule has 142 valence electrons. The highest BCUT2D eigenvalue weighted by Crippen LogP contribution is 2.30. The molecule has 0 radical (unpaired) electrons. The van der Waals surface area contributed by atoms with Gasteiger partial charge in [0.25, 0.3) is 12.3 Å². The second kappa shape index (κ2) is 8.43. The van der Waals surface area contributed by atoms with Crippen LogP contribution in [0.3, 0.4) is 0 Å². The fraction of sp³-hybridized carbons (Fsp3) is 0.111. The van der Waals surface area contributed by atoms with Gasteiger partial charge in [-0.1, -0.05) is 18.2 Å². The monoisotopic (exact) mass is 383 g/mol. The molecule has 1 amide bonds. The van der Waals surface area contributed by atoms with Crippen molar-refractivity contribution in [3.8, 4) is 11.1 Å². The summed E-state index contributed by atoms with van der Waals surface area (Å²) in [6, 6.07) is 7.27. The van der Waals surface area contributed by atoms with Crippen LogP contribution >= 0.6 is 0 Å². The summed E-state index contributed by atoms with van der Waals surface area (Å²) in [7, 11) is 1.37. The molecular weight excluding hydrogens is 369 g/mol. The van der Waals surface area contributed by atoms with Gasteiger partial charge >= 0.3 is 0 Å². The lowest BCUT2D eigenvalue weighted by Gasteiger charge is -2.14. The summed E-state index contributed by atoms with van der Waals surface area (Å²) in [5.41, 5.74) is -1.70. The minimum atomic E-state index is -3.18. The first-order chi connectivity index (χ1) is 12.8. The molecule has 0 heterocycles. The molecule has 9 heteroatoms. The SMILES string of the molecule is CN/C=C(\C(=N)C(F)F)C(=O)Nc1ccccc1-c1cc(F)c(F)c(F)c1. The Labute approximate surface area is 151 Å². The van der Waals surface area contributed by atoms with Crippen LogP contribution in [0, 0.1) is 22.9 Å². The van der Waals surface area contributed by atoms with E-state index in [0.717, 1.165) is 18.3 Å². The molecule has 4 nitrogen and oxygen atoms in total. The number of anilines is 1. The minimum absolute atomic E-state index is 0.0389. The third-order valence-electron chi connectivity index (χ3n) is 3.51. The summed E-state index contributed by atoms with van der Waals surface area (Å²) in [4.78, 5) is 12.3. The fourth-order valence-electron chi connectivity index (χ4n) is 2.27. The normalized spacial score (nSPS) is 11.4. The van der Waals surface area contributed by atoms with Crippen molar-refractivity contribution in [2.75, 3.05) is 12.4 Å². The lowest BCUT2D eigenvalue weighted by Crippen LogP contribution is -2.26. The van der Waals surface area contributed by atoms with Gasteiger partial charge in [-0.15, -0.1) is 0 Å². The number of rotatable bonds is 6. The quantitative estimate of drug-likeness (QED) is 0.304. The number of alkyl halides is 2. The molecule has 0 saturated carbocycles. The third-order valence-corrected chi connectivity index (χ3v) is 3.51. The van der Waals surface area contributed by atoms with Crippen molar-refractivity contribution in [3.63, 3.8) is 0 Å². The molecule has 0 spiro atoms. The van der Waals surface area contributed by atoms with E-state index in [1.165, 1.54) is 31.3 Å². The molecule has 27 heavy (non-hydrogen) atoms. The number of benzene rings is 2. The molecule has 2 aromatic carbocycles. The highest BCUT2D eigenvalue weighted by atomic mass is 19.3. The first-order valence-corrected chi connectivity index (χ1v) is 7.56. The van der Waals surface area contributed by atoms with E-state index in [2.05, 4.69) is 10.6 Å². The van der Waals surface area contributed by atoms with Gasteiger partial charge in [0.05, 0.1) is 5.57 Å². The topological polar surface area (TPSA) is 65.0 Å². The number of amides is 1. The number of halogens is 5. The van der Waals surface area contributed by atoms with Gasteiger partial charge in [-0.2, -0.15) is 0 Å². The van der Waals surface area contributed by atoms with Crippen LogP contribution in [0.5, 0.6) is 0 Å². The summed E-state index contributed by atoms with van der Waals surface area (Å²) >= 11 is 0. The number of carbonyl (C=O) groups is 1. The van der Waals surface area contributed by atoms with Crippen LogP contribution in [-0.4, -0.2) is 25.1 Å². The Bertz CT molecular complexity index is 889. The zero-order valence-electron chi connectivity index (χ0n) is 13.9. The Morgan fingerprint density at radius 3 is 2.26 bits per heavy atom. The van der Waals surface area contributed by atoms with Crippen molar-refractivity contribution in [3.05, 3.63) is 65.6 Å². The van der Waals surface area contributed by atoms with Crippen LogP contribution in [0.1, 0.15) is 0 Å². The Hall–Kier alpha value is -3.23. The summed E-state index contributed by atoms with van der Waals surface area (Å²) in [6.45, 7) is 0. The number of carbonyl (C=O) groups excluding carboxylic acids is 1. The summed E-state index contributed by atoms with van der Waals surface area (Å²) < 4.78 is 65.7. The maximum Gasteiger partial charge on any atom is 0.280 e. The Kier molecular flexibility index (Phi) is 6.27. The van der Waals surface area contributed by atoms with Crippen LogP contribution in [0.4, 0.5) is 27.6 Å². The Balaban J connectivity index is 2.43. The predicted octanol–water partition coefficient (Wildman–Crippen LogP) is 4.10. The van der Waals surface area contributed by atoms with Crippen molar-refractivity contribution in [1.82, 2.24) is 5.32 Å². The van der Waals surface area contributed by atoms with E-state index >= 15 is 0 Å². The molecule has 0 aliphatic carbocycles. The first-order valence-electron chi connectivity index (χ1n) is 7.56. The number of para-hydroxylation sites is 1. The Morgan fingerprint density at radius 1 is 1.11 bits per heavy atom. The van der Waals surface area contributed by atoms with E-state index in [1.54, 1.807) is 0 Å². The summed E-state index contributed by atoms with van der Waals surface area (Å²) in [6.07, 6.45) is -2.24. The van der Waals surface area contributed by atoms with E-state index in [-0.39, 0.29) is 16.8 Å². The average molecular weight is 383 g/mol. The maximum atomic E-state index is 13.5. The largest absolute Gasteiger partial charge is 0.393 e. The molecule has 0 atom stereocenters. The molecule has 0 saturated heterocycles.